The fourth-order valence-corrected chi connectivity index (χ4v) is 4.56. The molecule has 1 aliphatic rings. The molecule has 2 aromatic carbocycles. The van der Waals surface area contributed by atoms with Crippen molar-refractivity contribution in [3.05, 3.63) is 53.6 Å². The Morgan fingerprint density at radius 3 is 2.26 bits per heavy atom. The number of halogens is 3. The van der Waals surface area contributed by atoms with Gasteiger partial charge in [0, 0.05) is 13.1 Å². The predicted octanol–water partition coefficient (Wildman–Crippen LogP) is 3.86. The van der Waals surface area contributed by atoms with Crippen molar-refractivity contribution in [2.24, 2.45) is 0 Å². The van der Waals surface area contributed by atoms with E-state index in [1.807, 2.05) is 0 Å². The molecule has 0 saturated carbocycles. The van der Waals surface area contributed by atoms with E-state index < -0.39 is 33.3 Å². The quantitative estimate of drug-likeness (QED) is 0.847. The molecule has 1 fully saturated rings. The van der Waals surface area contributed by atoms with Gasteiger partial charge in [-0.1, -0.05) is 12.1 Å². The lowest BCUT2D eigenvalue weighted by molar-refractivity contribution is -0.137. The van der Waals surface area contributed by atoms with E-state index in [9.17, 15) is 26.4 Å². The zero-order chi connectivity index (χ0) is 19.8. The molecule has 27 heavy (non-hydrogen) atoms. The zero-order valence-corrected chi connectivity index (χ0v) is 14.8. The molecule has 0 bridgehead atoms. The van der Waals surface area contributed by atoms with Gasteiger partial charge >= 0.3 is 12.1 Å². The number of hydrogen-bond donors (Lipinski definition) is 1. The van der Waals surface area contributed by atoms with E-state index in [1.165, 1.54) is 28.6 Å². The maximum Gasteiger partial charge on any atom is 0.416 e. The highest BCUT2D eigenvalue weighted by Crippen LogP contribution is 2.34. The SMILES string of the molecule is O=C(O)c1cc(-c2cccc(S(=O)(=O)N3CCCC3)c2)cc(C(F)(F)F)c1. The van der Waals surface area contributed by atoms with E-state index in [4.69, 9.17) is 5.11 Å². The summed E-state index contributed by atoms with van der Waals surface area (Å²) >= 11 is 0. The number of carboxylic acids is 1. The van der Waals surface area contributed by atoms with Crippen LogP contribution in [0.4, 0.5) is 13.2 Å². The van der Waals surface area contributed by atoms with Crippen LogP contribution in [-0.2, 0) is 16.2 Å². The van der Waals surface area contributed by atoms with Crippen LogP contribution in [0.3, 0.4) is 0 Å². The molecule has 0 aliphatic carbocycles. The van der Waals surface area contributed by atoms with E-state index in [-0.39, 0.29) is 16.0 Å². The second kappa shape index (κ2) is 6.97. The van der Waals surface area contributed by atoms with Crippen LogP contribution in [0, 0.1) is 0 Å². The summed E-state index contributed by atoms with van der Waals surface area (Å²) in [5.74, 6) is -1.50. The van der Waals surface area contributed by atoms with Crippen LogP contribution in [0.2, 0.25) is 0 Å². The van der Waals surface area contributed by atoms with E-state index in [0.29, 0.717) is 19.2 Å². The Hall–Kier alpha value is -2.39. The van der Waals surface area contributed by atoms with Crippen molar-refractivity contribution >= 4 is 16.0 Å². The summed E-state index contributed by atoms with van der Waals surface area (Å²) in [6.07, 6.45) is -3.21. The molecule has 1 N–H and O–H groups in total. The number of sulfonamides is 1. The fraction of sp³-hybridized carbons (Fsp3) is 0.278. The smallest absolute Gasteiger partial charge is 0.416 e. The van der Waals surface area contributed by atoms with Gasteiger partial charge in [-0.3, -0.25) is 0 Å². The summed E-state index contributed by atoms with van der Waals surface area (Å²) < 4.78 is 66.0. The van der Waals surface area contributed by atoms with Gasteiger partial charge in [-0.25, -0.2) is 13.2 Å². The number of alkyl halides is 3. The van der Waals surface area contributed by atoms with Crippen LogP contribution >= 0.6 is 0 Å². The first kappa shape index (κ1) is 19.4. The molecule has 0 amide bonds. The van der Waals surface area contributed by atoms with Crippen molar-refractivity contribution in [1.82, 2.24) is 4.31 Å². The number of benzene rings is 2. The minimum atomic E-state index is -4.72. The van der Waals surface area contributed by atoms with Gasteiger partial charge in [0.15, 0.2) is 0 Å². The van der Waals surface area contributed by atoms with Crippen molar-refractivity contribution in [3.63, 3.8) is 0 Å². The van der Waals surface area contributed by atoms with Gasteiger partial charge in [0.05, 0.1) is 16.0 Å². The molecule has 0 spiro atoms. The second-order valence-corrected chi connectivity index (χ2v) is 8.18. The molecule has 0 aromatic heterocycles. The molecule has 0 radical (unpaired) electrons. The van der Waals surface area contributed by atoms with E-state index in [1.54, 1.807) is 0 Å². The van der Waals surface area contributed by atoms with Crippen molar-refractivity contribution < 1.29 is 31.5 Å². The average molecular weight is 399 g/mol. The molecule has 2 aromatic rings. The number of aromatic carboxylic acids is 1. The summed E-state index contributed by atoms with van der Waals surface area (Å²) in [4.78, 5) is 11.2. The van der Waals surface area contributed by atoms with Crippen LogP contribution in [0.25, 0.3) is 11.1 Å². The first-order chi connectivity index (χ1) is 12.6. The summed E-state index contributed by atoms with van der Waals surface area (Å²) in [7, 11) is -3.74. The topological polar surface area (TPSA) is 74.7 Å². The normalized spacial score (nSPS) is 15.8. The average Bonchev–Trinajstić information content (AvgIpc) is 3.16. The van der Waals surface area contributed by atoms with Crippen LogP contribution in [0.15, 0.2) is 47.4 Å². The maximum absolute atomic E-state index is 13.1. The zero-order valence-electron chi connectivity index (χ0n) is 14.0. The molecule has 3 rings (SSSR count). The number of rotatable bonds is 4. The number of carboxylic acid groups (broad SMARTS) is 1. The van der Waals surface area contributed by atoms with Crippen LogP contribution in [0.1, 0.15) is 28.8 Å². The van der Waals surface area contributed by atoms with E-state index in [0.717, 1.165) is 25.0 Å². The number of hydrogen-bond acceptors (Lipinski definition) is 3. The Morgan fingerprint density at radius 1 is 1.00 bits per heavy atom. The Kier molecular flexibility index (Phi) is 5.00. The lowest BCUT2D eigenvalue weighted by atomic mass is 9.99. The van der Waals surface area contributed by atoms with Gasteiger partial charge in [-0.15, -0.1) is 0 Å². The monoisotopic (exact) mass is 399 g/mol. The molecule has 1 heterocycles. The van der Waals surface area contributed by atoms with Crippen LogP contribution in [-0.4, -0.2) is 36.9 Å². The number of carbonyl (C=O) groups is 1. The van der Waals surface area contributed by atoms with Gasteiger partial charge in [0.1, 0.15) is 0 Å². The minimum absolute atomic E-state index is 0.0132. The Morgan fingerprint density at radius 2 is 1.67 bits per heavy atom. The molecular weight excluding hydrogens is 383 g/mol. The molecule has 0 unspecified atom stereocenters. The van der Waals surface area contributed by atoms with Gasteiger partial charge in [0.2, 0.25) is 10.0 Å². The highest BCUT2D eigenvalue weighted by molar-refractivity contribution is 7.89. The molecule has 1 aliphatic heterocycles. The molecule has 5 nitrogen and oxygen atoms in total. The number of nitrogens with zero attached hydrogens (tertiary/aromatic N) is 1. The largest absolute Gasteiger partial charge is 0.478 e. The first-order valence-corrected chi connectivity index (χ1v) is 9.59. The second-order valence-electron chi connectivity index (χ2n) is 6.24. The Balaban J connectivity index is 2.09. The highest BCUT2D eigenvalue weighted by atomic mass is 32.2. The third-order valence-corrected chi connectivity index (χ3v) is 6.27. The van der Waals surface area contributed by atoms with Crippen LogP contribution in [0.5, 0.6) is 0 Å². The van der Waals surface area contributed by atoms with Gasteiger partial charge in [-0.05, 0) is 54.3 Å². The van der Waals surface area contributed by atoms with Crippen molar-refractivity contribution in [2.45, 2.75) is 23.9 Å². The van der Waals surface area contributed by atoms with Gasteiger partial charge < -0.3 is 5.11 Å². The first-order valence-electron chi connectivity index (χ1n) is 8.15. The van der Waals surface area contributed by atoms with E-state index in [2.05, 4.69) is 0 Å². The van der Waals surface area contributed by atoms with Gasteiger partial charge in [0.25, 0.3) is 0 Å². The van der Waals surface area contributed by atoms with Crippen molar-refractivity contribution in [3.8, 4) is 11.1 Å². The van der Waals surface area contributed by atoms with Crippen LogP contribution < -0.4 is 0 Å². The third-order valence-electron chi connectivity index (χ3n) is 4.38. The maximum atomic E-state index is 13.1. The lowest BCUT2D eigenvalue weighted by Gasteiger charge is -2.16. The predicted molar refractivity (Wildman–Crippen MR) is 91.8 cm³/mol. The van der Waals surface area contributed by atoms with Gasteiger partial charge in [-0.2, -0.15) is 17.5 Å². The molecule has 144 valence electrons. The Bertz CT molecular complexity index is 980. The highest BCUT2D eigenvalue weighted by Gasteiger charge is 2.32. The lowest BCUT2D eigenvalue weighted by Crippen LogP contribution is -2.27. The molecular formula is C18H16F3NO4S. The summed E-state index contributed by atoms with van der Waals surface area (Å²) in [6.45, 7) is 0.804. The fourth-order valence-electron chi connectivity index (χ4n) is 3.00. The Labute approximate surface area is 154 Å². The molecule has 0 atom stereocenters. The van der Waals surface area contributed by atoms with Crippen molar-refractivity contribution in [1.29, 1.82) is 0 Å². The summed E-state index contributed by atoms with van der Waals surface area (Å²) in [5.41, 5.74) is -1.44. The molecule has 9 heteroatoms. The standard InChI is InChI=1S/C18H16F3NO4S/c19-18(20,21)15-9-13(8-14(10-15)17(23)24)12-4-3-5-16(11-12)27(25,26)22-6-1-2-7-22/h3-5,8-11H,1-2,6-7H2,(H,23,24). The summed E-state index contributed by atoms with van der Waals surface area (Å²) in [5, 5.41) is 9.10. The summed E-state index contributed by atoms with van der Waals surface area (Å²) in [6, 6.07) is 7.99. The van der Waals surface area contributed by atoms with E-state index >= 15 is 0 Å². The third kappa shape index (κ3) is 3.98. The molecule has 1 saturated heterocycles. The van der Waals surface area contributed by atoms with Crippen molar-refractivity contribution in [2.75, 3.05) is 13.1 Å². The minimum Gasteiger partial charge on any atom is -0.478 e.